The molecular formula is C8H14N2O4S. The number of nitrogens with one attached hydrogen (secondary N) is 2. The number of aliphatic carboxylic acids is 1. The highest BCUT2D eigenvalue weighted by Gasteiger charge is 2.15. The van der Waals surface area contributed by atoms with Crippen molar-refractivity contribution in [2.75, 3.05) is 25.4 Å². The van der Waals surface area contributed by atoms with Gasteiger partial charge in [0.1, 0.15) is 0 Å². The minimum Gasteiger partial charge on any atom is -0.480 e. The summed E-state index contributed by atoms with van der Waals surface area (Å²) in [5.74, 6) is -2.22. The van der Waals surface area contributed by atoms with Gasteiger partial charge in [-0.3, -0.25) is 4.79 Å². The predicted molar refractivity (Wildman–Crippen MR) is 55.0 cm³/mol. The molecule has 0 saturated heterocycles. The fourth-order valence-electron chi connectivity index (χ4n) is 1.25. The van der Waals surface area contributed by atoms with Gasteiger partial charge in [-0.05, 0) is 13.0 Å². The third kappa shape index (κ3) is 4.91. The second kappa shape index (κ2) is 5.24. The van der Waals surface area contributed by atoms with Crippen LogP contribution in [0.2, 0.25) is 0 Å². The summed E-state index contributed by atoms with van der Waals surface area (Å²) in [5.41, 5.74) is 0.989. The van der Waals surface area contributed by atoms with Gasteiger partial charge in [-0.2, -0.15) is 0 Å². The number of hydrogen-bond donors (Lipinski definition) is 3. The minimum absolute atomic E-state index is 0.206. The SMILES string of the molecule is O=C(O)CS(=O)(=O)NCC1=CCNCC1. The van der Waals surface area contributed by atoms with E-state index >= 15 is 0 Å². The smallest absolute Gasteiger partial charge is 0.320 e. The fraction of sp³-hybridized carbons (Fsp3) is 0.625. The van der Waals surface area contributed by atoms with Crippen molar-refractivity contribution in [2.45, 2.75) is 6.42 Å². The first kappa shape index (κ1) is 12.2. The van der Waals surface area contributed by atoms with Crippen LogP contribution in [0.15, 0.2) is 11.6 Å². The summed E-state index contributed by atoms with van der Waals surface area (Å²) < 4.78 is 24.6. The number of carbonyl (C=O) groups is 1. The number of sulfonamides is 1. The van der Waals surface area contributed by atoms with Crippen molar-refractivity contribution < 1.29 is 18.3 Å². The Labute approximate surface area is 88.4 Å². The van der Waals surface area contributed by atoms with Gasteiger partial charge in [0.25, 0.3) is 0 Å². The van der Waals surface area contributed by atoms with Gasteiger partial charge < -0.3 is 10.4 Å². The van der Waals surface area contributed by atoms with Gasteiger partial charge in [-0.1, -0.05) is 11.6 Å². The monoisotopic (exact) mass is 234 g/mol. The van der Waals surface area contributed by atoms with Crippen LogP contribution in [-0.2, 0) is 14.8 Å². The van der Waals surface area contributed by atoms with Crippen molar-refractivity contribution in [1.82, 2.24) is 10.0 Å². The molecule has 86 valence electrons. The van der Waals surface area contributed by atoms with E-state index < -0.39 is 21.7 Å². The molecule has 0 spiro atoms. The summed E-state index contributed by atoms with van der Waals surface area (Å²) in [6.45, 7) is 1.76. The highest BCUT2D eigenvalue weighted by Crippen LogP contribution is 2.02. The summed E-state index contributed by atoms with van der Waals surface area (Å²) in [6.07, 6.45) is 2.70. The molecule has 0 aromatic heterocycles. The van der Waals surface area contributed by atoms with Crippen molar-refractivity contribution >= 4 is 16.0 Å². The van der Waals surface area contributed by atoms with E-state index in [4.69, 9.17) is 5.11 Å². The number of carboxylic acids is 1. The van der Waals surface area contributed by atoms with Gasteiger partial charge >= 0.3 is 5.97 Å². The molecule has 1 aliphatic heterocycles. The van der Waals surface area contributed by atoms with Gasteiger partial charge in [0, 0.05) is 13.1 Å². The first-order valence-electron chi connectivity index (χ1n) is 4.57. The summed E-state index contributed by atoms with van der Waals surface area (Å²) in [5, 5.41) is 11.4. The Hall–Kier alpha value is -0.920. The molecule has 0 aromatic rings. The molecule has 0 unspecified atom stereocenters. The lowest BCUT2D eigenvalue weighted by Crippen LogP contribution is -2.33. The lowest BCUT2D eigenvalue weighted by molar-refractivity contribution is -0.134. The second-order valence-corrected chi connectivity index (χ2v) is 5.10. The van der Waals surface area contributed by atoms with Crippen LogP contribution in [0.5, 0.6) is 0 Å². The van der Waals surface area contributed by atoms with Crippen LogP contribution < -0.4 is 10.0 Å². The topological polar surface area (TPSA) is 95.5 Å². The molecule has 1 aliphatic rings. The Balaban J connectivity index is 2.42. The predicted octanol–water partition coefficient (Wildman–Crippen LogP) is -1.09. The van der Waals surface area contributed by atoms with Crippen molar-refractivity contribution in [3.05, 3.63) is 11.6 Å². The number of hydrogen-bond acceptors (Lipinski definition) is 4. The van der Waals surface area contributed by atoms with E-state index in [1.54, 1.807) is 0 Å². The maximum atomic E-state index is 11.1. The van der Waals surface area contributed by atoms with E-state index in [2.05, 4.69) is 10.0 Å². The Morgan fingerprint density at radius 3 is 2.87 bits per heavy atom. The van der Waals surface area contributed by atoms with Crippen LogP contribution in [0, 0.1) is 0 Å². The molecule has 1 rings (SSSR count). The summed E-state index contributed by atoms with van der Waals surface area (Å²) in [6, 6.07) is 0. The Bertz CT molecular complexity index is 361. The van der Waals surface area contributed by atoms with Gasteiger partial charge in [-0.25, -0.2) is 13.1 Å². The van der Waals surface area contributed by atoms with E-state index in [0.29, 0.717) is 0 Å². The molecule has 0 fully saturated rings. The summed E-state index contributed by atoms with van der Waals surface area (Å²) >= 11 is 0. The largest absolute Gasteiger partial charge is 0.480 e. The Kier molecular flexibility index (Phi) is 4.25. The molecule has 0 bridgehead atoms. The van der Waals surface area contributed by atoms with Gasteiger partial charge in [0.2, 0.25) is 10.0 Å². The quantitative estimate of drug-likeness (QED) is 0.525. The van der Waals surface area contributed by atoms with E-state index in [-0.39, 0.29) is 6.54 Å². The molecule has 0 aliphatic carbocycles. The van der Waals surface area contributed by atoms with Crippen LogP contribution in [0.4, 0.5) is 0 Å². The van der Waals surface area contributed by atoms with Crippen LogP contribution in [0.3, 0.4) is 0 Å². The zero-order valence-corrected chi connectivity index (χ0v) is 9.01. The maximum Gasteiger partial charge on any atom is 0.320 e. The van der Waals surface area contributed by atoms with Crippen molar-refractivity contribution in [1.29, 1.82) is 0 Å². The molecule has 0 atom stereocenters. The van der Waals surface area contributed by atoms with Crippen LogP contribution in [0.25, 0.3) is 0 Å². The zero-order chi connectivity index (χ0) is 11.3. The van der Waals surface area contributed by atoms with E-state index in [9.17, 15) is 13.2 Å². The van der Waals surface area contributed by atoms with Crippen LogP contribution in [0.1, 0.15) is 6.42 Å². The lowest BCUT2D eigenvalue weighted by Gasteiger charge is -2.14. The third-order valence-corrected chi connectivity index (χ3v) is 3.20. The molecule has 3 N–H and O–H groups in total. The molecular weight excluding hydrogens is 220 g/mol. The summed E-state index contributed by atoms with van der Waals surface area (Å²) in [4.78, 5) is 10.2. The van der Waals surface area contributed by atoms with Gasteiger partial charge in [-0.15, -0.1) is 0 Å². The van der Waals surface area contributed by atoms with Gasteiger partial charge in [0.15, 0.2) is 5.75 Å². The molecule has 0 aromatic carbocycles. The standard InChI is InChI=1S/C8H14N2O4S/c11-8(12)6-15(13,14)10-5-7-1-3-9-4-2-7/h1,9-10H,2-6H2,(H,11,12). The van der Waals surface area contributed by atoms with Crippen LogP contribution >= 0.6 is 0 Å². The van der Waals surface area contributed by atoms with E-state index in [0.717, 1.165) is 25.1 Å². The molecule has 0 amide bonds. The fourth-order valence-corrected chi connectivity index (χ4v) is 2.08. The van der Waals surface area contributed by atoms with Gasteiger partial charge in [0.05, 0.1) is 0 Å². The zero-order valence-electron chi connectivity index (χ0n) is 8.19. The molecule has 15 heavy (non-hydrogen) atoms. The molecule has 7 heteroatoms. The lowest BCUT2D eigenvalue weighted by atomic mass is 10.1. The normalized spacial score (nSPS) is 17.2. The molecule has 0 radical (unpaired) electrons. The maximum absolute atomic E-state index is 11.1. The molecule has 6 nitrogen and oxygen atoms in total. The average Bonchev–Trinajstić information content (AvgIpc) is 2.15. The third-order valence-electron chi connectivity index (χ3n) is 1.99. The highest BCUT2D eigenvalue weighted by atomic mass is 32.2. The summed E-state index contributed by atoms with van der Waals surface area (Å²) in [7, 11) is -3.69. The number of rotatable bonds is 5. The number of carboxylic acid groups (broad SMARTS) is 1. The van der Waals surface area contributed by atoms with Crippen molar-refractivity contribution in [3.8, 4) is 0 Å². The Morgan fingerprint density at radius 1 is 1.60 bits per heavy atom. The van der Waals surface area contributed by atoms with E-state index in [1.165, 1.54) is 0 Å². The first-order valence-corrected chi connectivity index (χ1v) is 6.22. The van der Waals surface area contributed by atoms with E-state index in [1.807, 2.05) is 6.08 Å². The van der Waals surface area contributed by atoms with Crippen molar-refractivity contribution in [2.24, 2.45) is 0 Å². The minimum atomic E-state index is -3.69. The highest BCUT2D eigenvalue weighted by molar-refractivity contribution is 7.90. The van der Waals surface area contributed by atoms with Crippen LogP contribution in [-0.4, -0.2) is 44.9 Å². The Morgan fingerprint density at radius 2 is 2.33 bits per heavy atom. The molecule has 0 saturated carbocycles. The average molecular weight is 234 g/mol. The first-order chi connectivity index (χ1) is 6.99. The second-order valence-electron chi connectivity index (χ2n) is 3.29. The van der Waals surface area contributed by atoms with Crippen molar-refractivity contribution in [3.63, 3.8) is 0 Å². The molecule has 1 heterocycles.